The summed E-state index contributed by atoms with van der Waals surface area (Å²) >= 11 is 0. The maximum atomic E-state index is 8.49. The summed E-state index contributed by atoms with van der Waals surface area (Å²) in [6.07, 6.45) is 0. The molecule has 6 nitrogen and oxygen atoms in total. The summed E-state index contributed by atoms with van der Waals surface area (Å²) in [6, 6.07) is 1.92. The van der Waals surface area contributed by atoms with E-state index in [4.69, 9.17) is 10.00 Å². The van der Waals surface area contributed by atoms with E-state index in [9.17, 15) is 0 Å². The van der Waals surface area contributed by atoms with Crippen LogP contribution in [0.25, 0.3) is 0 Å². The van der Waals surface area contributed by atoms with Crippen LogP contribution in [0.3, 0.4) is 0 Å². The third-order valence-electron chi connectivity index (χ3n) is 1.12. The summed E-state index contributed by atoms with van der Waals surface area (Å²) in [5.74, 6) is 0.351. The van der Waals surface area contributed by atoms with Crippen molar-refractivity contribution in [3.05, 3.63) is 5.82 Å². The number of methoxy groups -OCH3 is 1. The van der Waals surface area contributed by atoms with Gasteiger partial charge in [0.2, 0.25) is 11.8 Å². The lowest BCUT2D eigenvalue weighted by Gasteiger charge is -2.00. The molecule has 6 heteroatoms. The zero-order valence-corrected chi connectivity index (χ0v) is 6.70. The van der Waals surface area contributed by atoms with Crippen LogP contribution in [0.2, 0.25) is 0 Å². The minimum absolute atomic E-state index is 0.0335. The van der Waals surface area contributed by atoms with Crippen molar-refractivity contribution in [3.63, 3.8) is 0 Å². The first-order valence-corrected chi connectivity index (χ1v) is 3.18. The number of ether oxygens (including phenoxy) is 1. The summed E-state index contributed by atoms with van der Waals surface area (Å²) in [5, 5.41) is 11.2. The highest BCUT2D eigenvalue weighted by Gasteiger charge is 2.03. The van der Waals surface area contributed by atoms with Gasteiger partial charge in [-0.2, -0.15) is 20.2 Å². The predicted octanol–water partition coefficient (Wildman–Crippen LogP) is -0.206. The summed E-state index contributed by atoms with van der Waals surface area (Å²) in [7, 11) is 3.08. The molecule has 0 amide bonds. The van der Waals surface area contributed by atoms with Crippen LogP contribution in [0.1, 0.15) is 5.82 Å². The molecule has 0 atom stereocenters. The Labute approximate surface area is 69.2 Å². The lowest BCUT2D eigenvalue weighted by Crippen LogP contribution is -2.03. The number of anilines is 1. The first kappa shape index (κ1) is 8.20. The Kier molecular flexibility index (Phi) is 2.38. The number of rotatable bonds is 2. The van der Waals surface area contributed by atoms with Crippen molar-refractivity contribution in [3.8, 4) is 12.1 Å². The predicted molar refractivity (Wildman–Crippen MR) is 40.6 cm³/mol. The van der Waals surface area contributed by atoms with E-state index in [1.165, 1.54) is 7.11 Å². The van der Waals surface area contributed by atoms with Gasteiger partial charge in [0.15, 0.2) is 0 Å². The van der Waals surface area contributed by atoms with Crippen molar-refractivity contribution < 1.29 is 4.74 Å². The SMILES string of the molecule is CNc1nc(C#N)nc(OC)n1. The van der Waals surface area contributed by atoms with Crippen LogP contribution >= 0.6 is 0 Å². The fourth-order valence-corrected chi connectivity index (χ4v) is 0.610. The van der Waals surface area contributed by atoms with E-state index in [1.807, 2.05) is 0 Å². The third-order valence-corrected chi connectivity index (χ3v) is 1.12. The van der Waals surface area contributed by atoms with Crippen LogP contribution in [-0.2, 0) is 0 Å². The molecule has 0 aliphatic rings. The molecule has 0 spiro atoms. The van der Waals surface area contributed by atoms with E-state index in [-0.39, 0.29) is 11.8 Å². The smallest absolute Gasteiger partial charge is 0.322 e. The minimum atomic E-state index is 0.0335. The maximum absolute atomic E-state index is 8.49. The standard InChI is InChI=1S/C6H7N5O/c1-8-5-9-4(3-7)10-6(11-5)12-2/h1-2H3,(H,8,9,10,11). The molecule has 12 heavy (non-hydrogen) atoms. The normalized spacial score (nSPS) is 8.75. The largest absolute Gasteiger partial charge is 0.467 e. The van der Waals surface area contributed by atoms with Gasteiger partial charge in [-0.25, -0.2) is 0 Å². The van der Waals surface area contributed by atoms with Crippen LogP contribution in [0.4, 0.5) is 5.95 Å². The van der Waals surface area contributed by atoms with Gasteiger partial charge in [0.05, 0.1) is 7.11 Å². The van der Waals surface area contributed by atoms with Gasteiger partial charge in [-0.15, -0.1) is 0 Å². The average molecular weight is 165 g/mol. The second-order valence-corrected chi connectivity index (χ2v) is 1.83. The van der Waals surface area contributed by atoms with Crippen molar-refractivity contribution in [1.82, 2.24) is 15.0 Å². The molecule has 0 bridgehead atoms. The Hall–Kier alpha value is -1.90. The average Bonchev–Trinajstić information content (AvgIpc) is 2.16. The maximum Gasteiger partial charge on any atom is 0.322 e. The van der Waals surface area contributed by atoms with Gasteiger partial charge in [-0.1, -0.05) is 0 Å². The highest BCUT2D eigenvalue weighted by Crippen LogP contribution is 2.04. The molecule has 0 fully saturated rings. The van der Waals surface area contributed by atoms with Gasteiger partial charge < -0.3 is 10.1 Å². The molecule has 0 aliphatic heterocycles. The van der Waals surface area contributed by atoms with Gasteiger partial charge >= 0.3 is 6.01 Å². The van der Waals surface area contributed by atoms with Gasteiger partial charge in [0.1, 0.15) is 6.07 Å². The quantitative estimate of drug-likeness (QED) is 0.653. The van der Waals surface area contributed by atoms with E-state index in [0.29, 0.717) is 5.95 Å². The highest BCUT2D eigenvalue weighted by atomic mass is 16.5. The number of nitrogens with one attached hydrogen (secondary N) is 1. The lowest BCUT2D eigenvalue weighted by atomic mass is 10.7. The van der Waals surface area contributed by atoms with Crippen molar-refractivity contribution in [2.75, 3.05) is 19.5 Å². The first-order chi connectivity index (χ1) is 5.80. The lowest BCUT2D eigenvalue weighted by molar-refractivity contribution is 0.378. The Morgan fingerprint density at radius 2 is 2.17 bits per heavy atom. The fraction of sp³-hybridized carbons (Fsp3) is 0.333. The van der Waals surface area contributed by atoms with Crippen LogP contribution in [0.5, 0.6) is 6.01 Å². The van der Waals surface area contributed by atoms with E-state index in [0.717, 1.165) is 0 Å². The number of aromatic nitrogens is 3. The second-order valence-electron chi connectivity index (χ2n) is 1.83. The van der Waals surface area contributed by atoms with Gasteiger partial charge in [-0.3, -0.25) is 0 Å². The van der Waals surface area contributed by atoms with Crippen molar-refractivity contribution in [2.24, 2.45) is 0 Å². The molecule has 1 rings (SSSR count). The highest BCUT2D eigenvalue weighted by molar-refractivity contribution is 5.27. The summed E-state index contributed by atoms with van der Waals surface area (Å²) in [5.41, 5.74) is 0. The van der Waals surface area contributed by atoms with E-state index in [2.05, 4.69) is 20.3 Å². The summed E-state index contributed by atoms with van der Waals surface area (Å²) < 4.78 is 4.75. The minimum Gasteiger partial charge on any atom is -0.467 e. The Bertz CT molecular complexity index is 296. The third kappa shape index (κ3) is 1.58. The monoisotopic (exact) mass is 165 g/mol. The van der Waals surface area contributed by atoms with Crippen LogP contribution in [0, 0.1) is 11.3 Å². The molecule has 0 saturated carbocycles. The zero-order valence-electron chi connectivity index (χ0n) is 6.70. The number of hydrogen-bond acceptors (Lipinski definition) is 6. The fourth-order valence-electron chi connectivity index (χ4n) is 0.610. The summed E-state index contributed by atoms with van der Waals surface area (Å²) in [6.45, 7) is 0. The molecule has 0 unspecified atom stereocenters. The Morgan fingerprint density at radius 1 is 1.42 bits per heavy atom. The number of nitrogens with zero attached hydrogens (tertiary/aromatic N) is 4. The Morgan fingerprint density at radius 3 is 2.67 bits per heavy atom. The number of nitriles is 1. The van der Waals surface area contributed by atoms with Crippen molar-refractivity contribution in [2.45, 2.75) is 0 Å². The molecule has 1 heterocycles. The Balaban J connectivity index is 3.12. The van der Waals surface area contributed by atoms with Gasteiger partial charge in [0, 0.05) is 7.05 Å². The molecular weight excluding hydrogens is 158 g/mol. The van der Waals surface area contributed by atoms with Crippen molar-refractivity contribution >= 4 is 5.95 Å². The first-order valence-electron chi connectivity index (χ1n) is 3.18. The molecule has 0 aliphatic carbocycles. The molecular formula is C6H7N5O. The molecule has 0 saturated heterocycles. The summed E-state index contributed by atoms with van der Waals surface area (Å²) in [4.78, 5) is 11.2. The van der Waals surface area contributed by atoms with E-state index < -0.39 is 0 Å². The van der Waals surface area contributed by atoms with Crippen LogP contribution in [0.15, 0.2) is 0 Å². The van der Waals surface area contributed by atoms with E-state index in [1.54, 1.807) is 13.1 Å². The van der Waals surface area contributed by atoms with Gasteiger partial charge in [-0.05, 0) is 0 Å². The van der Waals surface area contributed by atoms with E-state index >= 15 is 0 Å². The van der Waals surface area contributed by atoms with Crippen LogP contribution < -0.4 is 10.1 Å². The van der Waals surface area contributed by atoms with Gasteiger partial charge in [0.25, 0.3) is 0 Å². The van der Waals surface area contributed by atoms with Crippen LogP contribution in [-0.4, -0.2) is 29.1 Å². The molecule has 1 N–H and O–H groups in total. The molecule has 62 valence electrons. The topological polar surface area (TPSA) is 83.7 Å². The molecule has 1 aromatic rings. The van der Waals surface area contributed by atoms with Crippen molar-refractivity contribution in [1.29, 1.82) is 5.26 Å². The second kappa shape index (κ2) is 3.48. The molecule has 0 radical (unpaired) electrons. The number of hydrogen-bond donors (Lipinski definition) is 1. The zero-order chi connectivity index (χ0) is 8.97. The molecule has 1 aromatic heterocycles. The molecule has 0 aromatic carbocycles.